The summed E-state index contributed by atoms with van der Waals surface area (Å²) in [6.07, 6.45) is 3.36. The maximum absolute atomic E-state index is 11.2. The maximum atomic E-state index is 11.2. The Hall–Kier alpha value is -2.43. The van der Waals surface area contributed by atoms with E-state index in [0.29, 0.717) is 12.2 Å². The molecular weight excluding hydrogens is 242 g/mol. The lowest BCUT2D eigenvalue weighted by Crippen LogP contribution is -2.08. The standard InChI is InChI=1S/C14H15N3O2/c1-9-3-4-13(12(5-9)14(18)19)17-8-11-7-15-10(2)6-16-11/h3-7,17H,8H2,1-2H3,(H,18,19). The number of hydrogen-bond acceptors (Lipinski definition) is 4. The van der Waals surface area contributed by atoms with E-state index in [0.717, 1.165) is 17.0 Å². The molecule has 0 aliphatic carbocycles. The fourth-order valence-electron chi connectivity index (χ4n) is 1.69. The van der Waals surface area contributed by atoms with E-state index in [1.165, 1.54) is 0 Å². The fraction of sp³-hybridized carbons (Fsp3) is 0.214. The second-order valence-electron chi connectivity index (χ2n) is 4.36. The molecule has 0 fully saturated rings. The van der Waals surface area contributed by atoms with E-state index in [2.05, 4.69) is 15.3 Å². The van der Waals surface area contributed by atoms with Gasteiger partial charge in [0.1, 0.15) is 0 Å². The van der Waals surface area contributed by atoms with Crippen molar-refractivity contribution in [2.75, 3.05) is 5.32 Å². The summed E-state index contributed by atoms with van der Waals surface area (Å²) >= 11 is 0. The average Bonchev–Trinajstić information content (AvgIpc) is 2.39. The van der Waals surface area contributed by atoms with Gasteiger partial charge in [0.15, 0.2) is 0 Å². The SMILES string of the molecule is Cc1ccc(NCc2cnc(C)cn2)c(C(=O)O)c1. The van der Waals surface area contributed by atoms with Crippen molar-refractivity contribution in [2.45, 2.75) is 20.4 Å². The number of carboxylic acids is 1. The molecule has 0 amide bonds. The zero-order valence-corrected chi connectivity index (χ0v) is 10.8. The quantitative estimate of drug-likeness (QED) is 0.879. The van der Waals surface area contributed by atoms with Crippen LogP contribution >= 0.6 is 0 Å². The van der Waals surface area contributed by atoms with Gasteiger partial charge in [0.05, 0.1) is 29.7 Å². The first-order valence-electron chi connectivity index (χ1n) is 5.91. The number of hydrogen-bond donors (Lipinski definition) is 2. The molecule has 0 atom stereocenters. The molecule has 2 rings (SSSR count). The number of carbonyl (C=O) groups is 1. The smallest absolute Gasteiger partial charge is 0.337 e. The number of nitrogens with zero attached hydrogens (tertiary/aromatic N) is 2. The number of aromatic carboxylic acids is 1. The number of carboxylic acid groups (broad SMARTS) is 1. The number of nitrogens with one attached hydrogen (secondary N) is 1. The van der Waals surface area contributed by atoms with Crippen LogP contribution in [0.1, 0.15) is 27.3 Å². The van der Waals surface area contributed by atoms with Crippen molar-refractivity contribution in [1.82, 2.24) is 9.97 Å². The Balaban J connectivity index is 2.15. The molecule has 0 radical (unpaired) electrons. The first-order chi connectivity index (χ1) is 9.06. The third-order valence-electron chi connectivity index (χ3n) is 2.70. The van der Waals surface area contributed by atoms with Crippen LogP contribution in [0, 0.1) is 13.8 Å². The molecule has 0 aliphatic rings. The first-order valence-corrected chi connectivity index (χ1v) is 5.91. The van der Waals surface area contributed by atoms with Gasteiger partial charge in [0, 0.05) is 11.9 Å². The van der Waals surface area contributed by atoms with Gasteiger partial charge in [-0.25, -0.2) is 4.79 Å². The lowest BCUT2D eigenvalue weighted by atomic mass is 10.1. The van der Waals surface area contributed by atoms with Crippen molar-refractivity contribution in [3.8, 4) is 0 Å². The molecule has 19 heavy (non-hydrogen) atoms. The first kappa shape index (κ1) is 13.0. The average molecular weight is 257 g/mol. The molecule has 2 aromatic rings. The zero-order valence-electron chi connectivity index (χ0n) is 10.8. The van der Waals surface area contributed by atoms with Crippen LogP contribution in [-0.4, -0.2) is 21.0 Å². The molecule has 0 saturated heterocycles. The van der Waals surface area contributed by atoms with Crippen molar-refractivity contribution in [1.29, 1.82) is 0 Å². The Kier molecular flexibility index (Phi) is 3.75. The summed E-state index contributed by atoms with van der Waals surface area (Å²) in [6, 6.07) is 5.28. The summed E-state index contributed by atoms with van der Waals surface area (Å²) in [4.78, 5) is 19.5. The lowest BCUT2D eigenvalue weighted by molar-refractivity contribution is 0.0698. The topological polar surface area (TPSA) is 75.1 Å². The van der Waals surface area contributed by atoms with Crippen molar-refractivity contribution in [3.63, 3.8) is 0 Å². The molecule has 1 heterocycles. The van der Waals surface area contributed by atoms with Crippen LogP contribution in [0.3, 0.4) is 0 Å². The monoisotopic (exact) mass is 257 g/mol. The van der Waals surface area contributed by atoms with E-state index < -0.39 is 5.97 Å². The Labute approximate surface area is 111 Å². The van der Waals surface area contributed by atoms with E-state index in [4.69, 9.17) is 5.11 Å². The molecule has 0 bridgehead atoms. The van der Waals surface area contributed by atoms with E-state index >= 15 is 0 Å². The predicted octanol–water partition coefficient (Wildman–Crippen LogP) is 2.40. The third-order valence-corrected chi connectivity index (χ3v) is 2.70. The van der Waals surface area contributed by atoms with Crippen LogP contribution in [0.25, 0.3) is 0 Å². The van der Waals surface area contributed by atoms with E-state index in [1.807, 2.05) is 19.9 Å². The van der Waals surface area contributed by atoms with E-state index in [-0.39, 0.29) is 5.56 Å². The molecule has 0 saturated carbocycles. The largest absolute Gasteiger partial charge is 0.478 e. The van der Waals surface area contributed by atoms with Gasteiger partial charge in [-0.15, -0.1) is 0 Å². The van der Waals surface area contributed by atoms with E-state index in [9.17, 15) is 4.79 Å². The van der Waals surface area contributed by atoms with Crippen LogP contribution in [0.5, 0.6) is 0 Å². The summed E-state index contributed by atoms with van der Waals surface area (Å²) < 4.78 is 0. The highest BCUT2D eigenvalue weighted by atomic mass is 16.4. The number of aryl methyl sites for hydroxylation is 2. The lowest BCUT2D eigenvalue weighted by Gasteiger charge is -2.10. The number of anilines is 1. The molecule has 1 aromatic heterocycles. The van der Waals surface area contributed by atoms with Gasteiger partial charge in [0.2, 0.25) is 0 Å². The minimum atomic E-state index is -0.943. The molecule has 0 spiro atoms. The van der Waals surface area contributed by atoms with Crippen LogP contribution in [0.2, 0.25) is 0 Å². The highest BCUT2D eigenvalue weighted by Crippen LogP contribution is 2.18. The fourth-order valence-corrected chi connectivity index (χ4v) is 1.69. The Morgan fingerprint density at radius 2 is 2.05 bits per heavy atom. The second kappa shape index (κ2) is 5.48. The maximum Gasteiger partial charge on any atom is 0.337 e. The summed E-state index contributed by atoms with van der Waals surface area (Å²) in [6.45, 7) is 4.17. The summed E-state index contributed by atoms with van der Waals surface area (Å²) in [7, 11) is 0. The van der Waals surface area contributed by atoms with Crippen LogP contribution < -0.4 is 5.32 Å². The molecule has 1 aromatic carbocycles. The third kappa shape index (κ3) is 3.28. The summed E-state index contributed by atoms with van der Waals surface area (Å²) in [5.74, 6) is -0.943. The zero-order chi connectivity index (χ0) is 13.8. The normalized spacial score (nSPS) is 10.2. The molecule has 0 aliphatic heterocycles. The summed E-state index contributed by atoms with van der Waals surface area (Å²) in [5.41, 5.74) is 3.38. The molecule has 0 unspecified atom stereocenters. The molecule has 98 valence electrons. The number of benzene rings is 1. The Morgan fingerprint density at radius 3 is 2.68 bits per heavy atom. The van der Waals surface area contributed by atoms with E-state index in [1.54, 1.807) is 24.5 Å². The van der Waals surface area contributed by atoms with Gasteiger partial charge in [-0.05, 0) is 26.0 Å². The van der Waals surface area contributed by atoms with Gasteiger partial charge < -0.3 is 10.4 Å². The number of aromatic nitrogens is 2. The number of rotatable bonds is 4. The molecule has 5 nitrogen and oxygen atoms in total. The van der Waals surface area contributed by atoms with Crippen LogP contribution in [0.15, 0.2) is 30.6 Å². The van der Waals surface area contributed by atoms with Crippen molar-refractivity contribution >= 4 is 11.7 Å². The van der Waals surface area contributed by atoms with Gasteiger partial charge in [-0.2, -0.15) is 0 Å². The highest BCUT2D eigenvalue weighted by molar-refractivity contribution is 5.94. The molecule has 5 heteroatoms. The van der Waals surface area contributed by atoms with Gasteiger partial charge >= 0.3 is 5.97 Å². The van der Waals surface area contributed by atoms with Gasteiger partial charge in [-0.1, -0.05) is 11.6 Å². The summed E-state index contributed by atoms with van der Waals surface area (Å²) in [5, 5.41) is 12.2. The Morgan fingerprint density at radius 1 is 1.26 bits per heavy atom. The minimum absolute atomic E-state index is 0.264. The second-order valence-corrected chi connectivity index (χ2v) is 4.36. The van der Waals surface area contributed by atoms with Crippen LogP contribution in [0.4, 0.5) is 5.69 Å². The van der Waals surface area contributed by atoms with Crippen molar-refractivity contribution < 1.29 is 9.90 Å². The van der Waals surface area contributed by atoms with Gasteiger partial charge in [0.25, 0.3) is 0 Å². The minimum Gasteiger partial charge on any atom is -0.478 e. The predicted molar refractivity (Wildman–Crippen MR) is 72.2 cm³/mol. The van der Waals surface area contributed by atoms with Crippen molar-refractivity contribution in [2.24, 2.45) is 0 Å². The van der Waals surface area contributed by atoms with Crippen LogP contribution in [-0.2, 0) is 6.54 Å². The molecular formula is C14H15N3O2. The van der Waals surface area contributed by atoms with Gasteiger partial charge in [-0.3, -0.25) is 9.97 Å². The van der Waals surface area contributed by atoms with Crippen molar-refractivity contribution in [3.05, 3.63) is 53.1 Å². The molecule has 2 N–H and O–H groups in total. The highest BCUT2D eigenvalue weighted by Gasteiger charge is 2.10. The Bertz CT molecular complexity index is 594.